The van der Waals surface area contributed by atoms with Gasteiger partial charge in [-0.3, -0.25) is 4.57 Å². The van der Waals surface area contributed by atoms with Crippen molar-refractivity contribution >= 4 is 10.0 Å². The van der Waals surface area contributed by atoms with E-state index in [-0.39, 0.29) is 0 Å². The quantitative estimate of drug-likeness (QED) is 0.856. The second-order valence-electron chi connectivity index (χ2n) is 5.80. The van der Waals surface area contributed by atoms with E-state index in [0.717, 1.165) is 25.1 Å². The molecule has 2 aromatic rings. The van der Waals surface area contributed by atoms with Crippen LogP contribution in [-0.4, -0.2) is 46.6 Å². The molecule has 1 fully saturated rings. The summed E-state index contributed by atoms with van der Waals surface area (Å²) in [7, 11) is -3.04. The highest BCUT2D eigenvalue weighted by molar-refractivity contribution is 7.88. The summed E-state index contributed by atoms with van der Waals surface area (Å²) < 4.78 is 26.5. The van der Waals surface area contributed by atoms with Gasteiger partial charge in [-0.15, -0.1) is 0 Å². The van der Waals surface area contributed by atoms with Gasteiger partial charge in [0.15, 0.2) is 0 Å². The molecule has 1 aliphatic heterocycles. The van der Waals surface area contributed by atoms with Crippen LogP contribution in [0, 0.1) is 5.92 Å². The molecule has 0 spiro atoms. The van der Waals surface area contributed by atoms with Crippen LogP contribution < -0.4 is 0 Å². The molecule has 0 saturated carbocycles. The van der Waals surface area contributed by atoms with Crippen LogP contribution in [-0.2, 0) is 16.4 Å². The molecule has 2 aromatic heterocycles. The monoisotopic (exact) mass is 320 g/mol. The van der Waals surface area contributed by atoms with Crippen molar-refractivity contribution in [2.75, 3.05) is 19.3 Å². The summed E-state index contributed by atoms with van der Waals surface area (Å²) in [4.78, 5) is 8.47. The largest absolute Gasteiger partial charge is 0.291 e. The van der Waals surface area contributed by atoms with Crippen LogP contribution in [0.3, 0.4) is 0 Å². The molecule has 0 aliphatic carbocycles. The molecule has 0 bridgehead atoms. The van der Waals surface area contributed by atoms with E-state index < -0.39 is 10.0 Å². The highest BCUT2D eigenvalue weighted by atomic mass is 32.2. The normalized spacial score (nSPS) is 17.7. The summed E-state index contributed by atoms with van der Waals surface area (Å²) in [5.41, 5.74) is 1.20. The van der Waals surface area contributed by atoms with E-state index in [2.05, 4.69) is 16.0 Å². The SMILES string of the molecule is CS(=O)(=O)N1CCC(Cc2ccc(-n3ccnc3)nc2)CC1. The average Bonchev–Trinajstić information content (AvgIpc) is 3.02. The summed E-state index contributed by atoms with van der Waals surface area (Å²) in [6.45, 7) is 1.26. The number of piperidine rings is 1. The molecule has 6 nitrogen and oxygen atoms in total. The van der Waals surface area contributed by atoms with E-state index in [0.29, 0.717) is 19.0 Å². The molecule has 118 valence electrons. The minimum atomic E-state index is -3.04. The van der Waals surface area contributed by atoms with Crippen molar-refractivity contribution < 1.29 is 8.42 Å². The lowest BCUT2D eigenvalue weighted by molar-refractivity contribution is 0.274. The van der Waals surface area contributed by atoms with Gasteiger partial charge >= 0.3 is 0 Å². The molecule has 22 heavy (non-hydrogen) atoms. The van der Waals surface area contributed by atoms with Crippen molar-refractivity contribution in [3.05, 3.63) is 42.6 Å². The molecule has 3 rings (SSSR count). The fourth-order valence-electron chi connectivity index (χ4n) is 2.86. The fourth-order valence-corrected chi connectivity index (χ4v) is 3.74. The predicted molar refractivity (Wildman–Crippen MR) is 84.2 cm³/mol. The predicted octanol–water partition coefficient (Wildman–Crippen LogP) is 1.48. The fraction of sp³-hybridized carbons (Fsp3) is 0.467. The number of nitrogens with zero attached hydrogens (tertiary/aromatic N) is 4. The standard InChI is InChI=1S/C15H20N4O2S/c1-22(20,21)19-7-4-13(5-8-19)10-14-2-3-15(17-11-14)18-9-6-16-12-18/h2-3,6,9,11-13H,4-5,7-8,10H2,1H3. The number of imidazole rings is 1. The number of aromatic nitrogens is 3. The zero-order valence-electron chi connectivity index (χ0n) is 12.6. The van der Waals surface area contributed by atoms with E-state index in [1.54, 1.807) is 16.8 Å². The van der Waals surface area contributed by atoms with Gasteiger partial charge in [-0.2, -0.15) is 0 Å². The summed E-state index contributed by atoms with van der Waals surface area (Å²) in [6.07, 6.45) is 11.3. The molecular formula is C15H20N4O2S. The van der Waals surface area contributed by atoms with Crippen LogP contribution >= 0.6 is 0 Å². The lowest BCUT2D eigenvalue weighted by atomic mass is 9.91. The molecule has 3 heterocycles. The van der Waals surface area contributed by atoms with Crippen LogP contribution in [0.2, 0.25) is 0 Å². The Morgan fingerprint density at radius 3 is 2.59 bits per heavy atom. The zero-order chi connectivity index (χ0) is 15.6. The first-order chi connectivity index (χ1) is 10.5. The molecule has 7 heteroatoms. The smallest absolute Gasteiger partial charge is 0.211 e. The lowest BCUT2D eigenvalue weighted by Gasteiger charge is -2.30. The van der Waals surface area contributed by atoms with Gasteiger partial charge < -0.3 is 0 Å². The summed E-state index contributed by atoms with van der Waals surface area (Å²) >= 11 is 0. The van der Waals surface area contributed by atoms with Gasteiger partial charge in [0, 0.05) is 31.7 Å². The first kappa shape index (κ1) is 15.2. The molecule has 1 saturated heterocycles. The highest BCUT2D eigenvalue weighted by Crippen LogP contribution is 2.23. The average molecular weight is 320 g/mol. The minimum absolute atomic E-state index is 0.527. The summed E-state index contributed by atoms with van der Waals surface area (Å²) in [5, 5.41) is 0. The van der Waals surface area contributed by atoms with Crippen molar-refractivity contribution in [2.24, 2.45) is 5.92 Å². The Hall–Kier alpha value is -1.73. The highest BCUT2D eigenvalue weighted by Gasteiger charge is 2.24. The Kier molecular flexibility index (Phi) is 4.26. The van der Waals surface area contributed by atoms with Gasteiger partial charge in [-0.05, 0) is 36.8 Å². The Morgan fingerprint density at radius 1 is 1.27 bits per heavy atom. The lowest BCUT2D eigenvalue weighted by Crippen LogP contribution is -2.38. The van der Waals surface area contributed by atoms with Crippen LogP contribution in [0.15, 0.2) is 37.1 Å². The van der Waals surface area contributed by atoms with Gasteiger partial charge in [0.2, 0.25) is 10.0 Å². The molecule has 0 radical (unpaired) electrons. The molecule has 1 aliphatic rings. The minimum Gasteiger partial charge on any atom is -0.291 e. The number of hydrogen-bond acceptors (Lipinski definition) is 4. The maximum atomic E-state index is 11.5. The number of sulfonamides is 1. The Bertz CT molecular complexity index is 703. The van der Waals surface area contributed by atoms with Crippen LogP contribution in [0.5, 0.6) is 0 Å². The van der Waals surface area contributed by atoms with Crippen molar-refractivity contribution in [1.29, 1.82) is 0 Å². The Balaban J connectivity index is 1.58. The number of pyridine rings is 1. The van der Waals surface area contributed by atoms with Gasteiger partial charge in [0.25, 0.3) is 0 Å². The van der Waals surface area contributed by atoms with Crippen LogP contribution in [0.25, 0.3) is 5.82 Å². The molecule has 0 N–H and O–H groups in total. The van der Waals surface area contributed by atoms with Gasteiger partial charge in [0.1, 0.15) is 12.1 Å². The van der Waals surface area contributed by atoms with Crippen molar-refractivity contribution in [1.82, 2.24) is 18.8 Å². The molecule has 0 atom stereocenters. The molecule has 0 unspecified atom stereocenters. The van der Waals surface area contributed by atoms with E-state index >= 15 is 0 Å². The first-order valence-corrected chi connectivity index (χ1v) is 9.25. The molecule has 0 amide bonds. The first-order valence-electron chi connectivity index (χ1n) is 7.41. The Morgan fingerprint density at radius 2 is 2.05 bits per heavy atom. The van der Waals surface area contributed by atoms with E-state index in [1.807, 2.05) is 23.0 Å². The third-order valence-corrected chi connectivity index (χ3v) is 5.45. The van der Waals surface area contributed by atoms with E-state index in [9.17, 15) is 8.42 Å². The second kappa shape index (κ2) is 6.18. The van der Waals surface area contributed by atoms with Crippen molar-refractivity contribution in [3.63, 3.8) is 0 Å². The summed E-state index contributed by atoms with van der Waals surface area (Å²) in [5.74, 6) is 1.38. The van der Waals surface area contributed by atoms with Gasteiger partial charge in [-0.25, -0.2) is 22.7 Å². The zero-order valence-corrected chi connectivity index (χ0v) is 13.4. The van der Waals surface area contributed by atoms with Crippen molar-refractivity contribution in [2.45, 2.75) is 19.3 Å². The van der Waals surface area contributed by atoms with E-state index in [4.69, 9.17) is 0 Å². The summed E-state index contributed by atoms with van der Waals surface area (Å²) in [6, 6.07) is 4.08. The maximum absolute atomic E-state index is 11.5. The van der Waals surface area contributed by atoms with Gasteiger partial charge in [-0.1, -0.05) is 6.07 Å². The van der Waals surface area contributed by atoms with Crippen LogP contribution in [0.4, 0.5) is 0 Å². The van der Waals surface area contributed by atoms with Crippen LogP contribution in [0.1, 0.15) is 18.4 Å². The third-order valence-electron chi connectivity index (χ3n) is 4.14. The molecular weight excluding hydrogens is 300 g/mol. The Labute approximate surface area is 130 Å². The van der Waals surface area contributed by atoms with Gasteiger partial charge in [0.05, 0.1) is 6.26 Å². The maximum Gasteiger partial charge on any atom is 0.211 e. The second-order valence-corrected chi connectivity index (χ2v) is 7.79. The molecule has 0 aromatic carbocycles. The third kappa shape index (κ3) is 3.53. The number of rotatable bonds is 4. The number of hydrogen-bond donors (Lipinski definition) is 0. The van der Waals surface area contributed by atoms with E-state index in [1.165, 1.54) is 11.8 Å². The topological polar surface area (TPSA) is 68.1 Å². The van der Waals surface area contributed by atoms with Crippen molar-refractivity contribution in [3.8, 4) is 5.82 Å².